The second-order valence-electron chi connectivity index (χ2n) is 6.75. The van der Waals surface area contributed by atoms with Crippen molar-refractivity contribution >= 4 is 27.6 Å². The third-order valence-corrected chi connectivity index (χ3v) is 4.72. The molecule has 0 radical (unpaired) electrons. The number of fused-ring (bicyclic) bond motifs is 2. The number of rotatable bonds is 6. The van der Waals surface area contributed by atoms with Gasteiger partial charge in [-0.2, -0.15) is 5.10 Å². The summed E-state index contributed by atoms with van der Waals surface area (Å²) in [6.45, 7) is 4.48. The van der Waals surface area contributed by atoms with Crippen molar-refractivity contribution < 1.29 is 14.0 Å². The molecule has 7 nitrogen and oxygen atoms in total. The summed E-state index contributed by atoms with van der Waals surface area (Å²) in [5.41, 5.74) is 3.91. The largest absolute Gasteiger partial charge is 0.471 e. The minimum Gasteiger partial charge on any atom is -0.471 e. The quantitative estimate of drug-likeness (QED) is 0.538. The molecule has 144 valence electrons. The number of benzene rings is 2. The molecule has 0 unspecified atom stereocenters. The summed E-state index contributed by atoms with van der Waals surface area (Å²) in [5.74, 6) is 1.23. The molecule has 2 aromatic heterocycles. The van der Waals surface area contributed by atoms with Crippen LogP contribution in [0.3, 0.4) is 0 Å². The maximum absolute atomic E-state index is 5.89. The molecule has 0 spiro atoms. The van der Waals surface area contributed by atoms with Crippen LogP contribution in [0.5, 0.6) is 5.88 Å². The highest BCUT2D eigenvalue weighted by Gasteiger charge is 2.16. The Kier molecular flexibility index (Phi) is 4.83. The van der Waals surface area contributed by atoms with E-state index in [2.05, 4.69) is 39.7 Å². The Balaban J connectivity index is 1.82. The van der Waals surface area contributed by atoms with E-state index in [0.717, 1.165) is 44.2 Å². The molecule has 0 aliphatic carbocycles. The molecule has 28 heavy (non-hydrogen) atoms. The van der Waals surface area contributed by atoms with Gasteiger partial charge in [0, 0.05) is 30.5 Å². The molecule has 2 aromatic carbocycles. The minimum atomic E-state index is -0.116. The second-order valence-corrected chi connectivity index (χ2v) is 6.75. The average Bonchev–Trinajstić information content (AvgIpc) is 3.11. The molecule has 0 aliphatic rings. The average molecular weight is 378 g/mol. The summed E-state index contributed by atoms with van der Waals surface area (Å²) < 4.78 is 16.7. The molecular weight excluding hydrogens is 356 g/mol. The van der Waals surface area contributed by atoms with Gasteiger partial charge >= 0.3 is 0 Å². The van der Waals surface area contributed by atoms with Crippen LogP contribution in [0.4, 0.5) is 5.82 Å². The van der Waals surface area contributed by atoms with Crippen molar-refractivity contribution in [3.63, 3.8) is 0 Å². The maximum Gasteiger partial charge on any atom is 0.241 e. The molecule has 0 amide bonds. The van der Waals surface area contributed by atoms with E-state index >= 15 is 0 Å². The van der Waals surface area contributed by atoms with E-state index in [1.165, 1.54) is 0 Å². The number of aromatic nitrogens is 3. The summed E-state index contributed by atoms with van der Waals surface area (Å²) in [6.07, 6.45) is 1.62. The number of nitrogens with one attached hydrogen (secondary N) is 1. The Labute approximate surface area is 162 Å². The maximum atomic E-state index is 5.89. The number of hydrogen-bond acceptors (Lipinski definition) is 7. The van der Waals surface area contributed by atoms with Crippen molar-refractivity contribution in [2.75, 3.05) is 26.1 Å². The molecule has 4 rings (SSSR count). The SMILES string of the molecule is CNc1noc2c(-c3ccc4c(O[C@@H](C)COC)nncc4c3)c(C)ccc12. The number of aryl methyl sites for hydroxylation is 1. The van der Waals surface area contributed by atoms with E-state index in [0.29, 0.717) is 12.5 Å². The molecule has 0 bridgehead atoms. The van der Waals surface area contributed by atoms with Gasteiger partial charge in [0.05, 0.1) is 18.2 Å². The first-order valence-electron chi connectivity index (χ1n) is 9.10. The third-order valence-electron chi connectivity index (χ3n) is 4.72. The third kappa shape index (κ3) is 3.14. The van der Waals surface area contributed by atoms with Crippen LogP contribution in [-0.4, -0.2) is 42.2 Å². The monoisotopic (exact) mass is 378 g/mol. The van der Waals surface area contributed by atoms with Gasteiger partial charge in [-0.05, 0) is 43.2 Å². The fourth-order valence-electron chi connectivity index (χ4n) is 3.41. The van der Waals surface area contributed by atoms with Gasteiger partial charge in [0.15, 0.2) is 11.4 Å². The zero-order valence-corrected chi connectivity index (χ0v) is 16.3. The number of ether oxygens (including phenoxy) is 2. The first-order chi connectivity index (χ1) is 13.6. The Morgan fingerprint density at radius 2 is 2.00 bits per heavy atom. The van der Waals surface area contributed by atoms with Crippen LogP contribution < -0.4 is 10.1 Å². The van der Waals surface area contributed by atoms with Crippen LogP contribution in [0.1, 0.15) is 12.5 Å². The molecule has 1 atom stereocenters. The van der Waals surface area contributed by atoms with Gasteiger partial charge in [-0.3, -0.25) is 0 Å². The van der Waals surface area contributed by atoms with Crippen molar-refractivity contribution in [2.24, 2.45) is 0 Å². The van der Waals surface area contributed by atoms with Crippen LogP contribution in [0.25, 0.3) is 32.9 Å². The first kappa shape index (κ1) is 18.2. The highest BCUT2D eigenvalue weighted by Crippen LogP contribution is 2.37. The number of anilines is 1. The fraction of sp³-hybridized carbons (Fsp3) is 0.286. The van der Waals surface area contributed by atoms with E-state index in [1.54, 1.807) is 13.3 Å². The summed E-state index contributed by atoms with van der Waals surface area (Å²) in [4.78, 5) is 0. The van der Waals surface area contributed by atoms with E-state index in [-0.39, 0.29) is 6.10 Å². The van der Waals surface area contributed by atoms with Gasteiger partial charge in [-0.25, -0.2) is 0 Å². The van der Waals surface area contributed by atoms with E-state index in [9.17, 15) is 0 Å². The molecule has 4 aromatic rings. The van der Waals surface area contributed by atoms with Gasteiger partial charge in [0.1, 0.15) is 6.10 Å². The standard InChI is InChI=1S/C21H22N4O3/c1-12-5-7-17-19(28-25-20(17)22-3)18(12)14-6-8-16-15(9-14)10-23-24-21(16)27-13(2)11-26-4/h5-10,13H,11H2,1-4H3,(H,22,25)/t13-/m0/s1. The molecule has 0 saturated carbocycles. The van der Waals surface area contributed by atoms with E-state index < -0.39 is 0 Å². The zero-order chi connectivity index (χ0) is 19.7. The lowest BCUT2D eigenvalue weighted by atomic mass is 9.96. The van der Waals surface area contributed by atoms with Crippen molar-refractivity contribution in [1.82, 2.24) is 15.4 Å². The molecular formula is C21H22N4O3. The molecule has 2 heterocycles. The summed E-state index contributed by atoms with van der Waals surface area (Å²) >= 11 is 0. The fourth-order valence-corrected chi connectivity index (χ4v) is 3.41. The Morgan fingerprint density at radius 3 is 2.79 bits per heavy atom. The van der Waals surface area contributed by atoms with Crippen molar-refractivity contribution in [1.29, 1.82) is 0 Å². The molecule has 0 saturated heterocycles. The Bertz CT molecular complexity index is 1140. The normalized spacial score (nSPS) is 12.4. The Morgan fingerprint density at radius 1 is 1.18 bits per heavy atom. The smallest absolute Gasteiger partial charge is 0.241 e. The topological polar surface area (TPSA) is 82.3 Å². The molecule has 7 heteroatoms. The van der Waals surface area contributed by atoms with Crippen LogP contribution >= 0.6 is 0 Å². The lowest BCUT2D eigenvalue weighted by Crippen LogP contribution is -2.18. The minimum absolute atomic E-state index is 0.116. The summed E-state index contributed by atoms with van der Waals surface area (Å²) in [7, 11) is 3.48. The van der Waals surface area contributed by atoms with E-state index in [1.807, 2.05) is 32.2 Å². The van der Waals surface area contributed by atoms with Crippen molar-refractivity contribution in [2.45, 2.75) is 20.0 Å². The summed E-state index contributed by atoms with van der Waals surface area (Å²) in [6, 6.07) is 10.2. The van der Waals surface area contributed by atoms with Gasteiger partial charge in [-0.1, -0.05) is 17.3 Å². The van der Waals surface area contributed by atoms with Gasteiger partial charge in [0.25, 0.3) is 0 Å². The summed E-state index contributed by atoms with van der Waals surface area (Å²) in [5, 5.41) is 18.2. The van der Waals surface area contributed by atoms with Crippen LogP contribution in [0, 0.1) is 6.92 Å². The predicted molar refractivity (Wildman–Crippen MR) is 109 cm³/mol. The van der Waals surface area contributed by atoms with Gasteiger partial charge in [0.2, 0.25) is 5.88 Å². The molecule has 0 fully saturated rings. The lowest BCUT2D eigenvalue weighted by molar-refractivity contribution is 0.0894. The Hall–Kier alpha value is -3.19. The van der Waals surface area contributed by atoms with Crippen LogP contribution in [-0.2, 0) is 4.74 Å². The number of nitrogens with zero attached hydrogens (tertiary/aromatic N) is 3. The number of methoxy groups -OCH3 is 1. The van der Waals surface area contributed by atoms with Gasteiger partial charge < -0.3 is 19.3 Å². The highest BCUT2D eigenvalue weighted by molar-refractivity contribution is 6.01. The van der Waals surface area contributed by atoms with Crippen LogP contribution in [0.2, 0.25) is 0 Å². The zero-order valence-electron chi connectivity index (χ0n) is 16.3. The lowest BCUT2D eigenvalue weighted by Gasteiger charge is -2.14. The number of hydrogen-bond donors (Lipinski definition) is 1. The molecule has 1 N–H and O–H groups in total. The second kappa shape index (κ2) is 7.44. The first-order valence-corrected chi connectivity index (χ1v) is 9.10. The molecule has 0 aliphatic heterocycles. The highest BCUT2D eigenvalue weighted by atomic mass is 16.5. The van der Waals surface area contributed by atoms with Crippen molar-refractivity contribution in [3.05, 3.63) is 42.1 Å². The van der Waals surface area contributed by atoms with Crippen molar-refractivity contribution in [3.8, 4) is 17.0 Å². The van der Waals surface area contributed by atoms with Gasteiger partial charge in [-0.15, -0.1) is 5.10 Å². The predicted octanol–water partition coefficient (Wildman–Crippen LogP) is 4.20. The van der Waals surface area contributed by atoms with Crippen LogP contribution in [0.15, 0.2) is 41.1 Å². The van der Waals surface area contributed by atoms with E-state index in [4.69, 9.17) is 14.0 Å².